The SMILES string of the molecule is COCc1c(O)c(C(C)=O)c(C(C)=O)c(O)c1COC. The third-order valence-electron chi connectivity index (χ3n) is 2.94. The zero-order valence-corrected chi connectivity index (χ0v) is 11.9. The van der Waals surface area contributed by atoms with Crippen molar-refractivity contribution in [2.75, 3.05) is 14.2 Å². The molecule has 1 aromatic carbocycles. The molecule has 0 amide bonds. The van der Waals surface area contributed by atoms with E-state index in [2.05, 4.69) is 0 Å². The Morgan fingerprint density at radius 1 is 0.850 bits per heavy atom. The molecule has 1 rings (SSSR count). The molecular weight excluding hydrogens is 264 g/mol. The van der Waals surface area contributed by atoms with Crippen LogP contribution in [0.4, 0.5) is 0 Å². The number of methoxy groups -OCH3 is 2. The van der Waals surface area contributed by atoms with Crippen LogP contribution >= 0.6 is 0 Å². The van der Waals surface area contributed by atoms with Crippen LogP contribution in [-0.2, 0) is 22.7 Å². The Morgan fingerprint density at radius 3 is 1.35 bits per heavy atom. The fraction of sp³-hybridized carbons (Fsp3) is 0.429. The first-order chi connectivity index (χ1) is 9.36. The van der Waals surface area contributed by atoms with Gasteiger partial charge in [-0.15, -0.1) is 0 Å². The molecule has 0 radical (unpaired) electrons. The van der Waals surface area contributed by atoms with Crippen LogP contribution in [0.25, 0.3) is 0 Å². The summed E-state index contributed by atoms with van der Waals surface area (Å²) in [5.74, 6) is -1.72. The average Bonchev–Trinajstić information content (AvgIpc) is 2.36. The lowest BCUT2D eigenvalue weighted by atomic mass is 9.91. The van der Waals surface area contributed by atoms with Gasteiger partial charge in [-0.3, -0.25) is 9.59 Å². The lowest BCUT2D eigenvalue weighted by Gasteiger charge is -2.18. The number of hydrogen-bond donors (Lipinski definition) is 2. The maximum Gasteiger partial charge on any atom is 0.164 e. The minimum absolute atomic E-state index is 0.0173. The molecule has 6 heteroatoms. The van der Waals surface area contributed by atoms with Crippen molar-refractivity contribution in [3.8, 4) is 11.5 Å². The highest BCUT2D eigenvalue weighted by Gasteiger charge is 2.27. The number of carbonyl (C=O) groups is 2. The smallest absolute Gasteiger partial charge is 0.164 e. The average molecular weight is 282 g/mol. The number of rotatable bonds is 6. The lowest BCUT2D eigenvalue weighted by Crippen LogP contribution is -2.11. The molecule has 0 unspecified atom stereocenters. The molecular formula is C14H18O6. The summed E-state index contributed by atoms with van der Waals surface area (Å²) in [7, 11) is 2.83. The van der Waals surface area contributed by atoms with Gasteiger partial charge in [0.05, 0.1) is 24.3 Å². The van der Waals surface area contributed by atoms with Crippen molar-refractivity contribution < 1.29 is 29.3 Å². The van der Waals surface area contributed by atoms with Gasteiger partial charge in [0.1, 0.15) is 11.5 Å². The summed E-state index contributed by atoms with van der Waals surface area (Å²) in [6.45, 7) is 2.40. The topological polar surface area (TPSA) is 93.1 Å². The number of benzene rings is 1. The van der Waals surface area contributed by atoms with E-state index in [0.29, 0.717) is 0 Å². The van der Waals surface area contributed by atoms with E-state index in [1.807, 2.05) is 0 Å². The number of aromatic hydroxyl groups is 2. The van der Waals surface area contributed by atoms with Crippen LogP contribution in [0.5, 0.6) is 11.5 Å². The fourth-order valence-corrected chi connectivity index (χ4v) is 2.11. The van der Waals surface area contributed by atoms with Crippen LogP contribution in [0.15, 0.2) is 0 Å². The van der Waals surface area contributed by atoms with E-state index in [9.17, 15) is 19.8 Å². The number of phenols is 2. The molecule has 2 N–H and O–H groups in total. The molecule has 20 heavy (non-hydrogen) atoms. The highest BCUT2D eigenvalue weighted by molar-refractivity contribution is 6.11. The van der Waals surface area contributed by atoms with Gasteiger partial charge in [-0.25, -0.2) is 0 Å². The molecule has 0 heterocycles. The summed E-state index contributed by atoms with van der Waals surface area (Å²) in [5, 5.41) is 20.5. The maximum atomic E-state index is 11.7. The second kappa shape index (κ2) is 6.49. The van der Waals surface area contributed by atoms with Crippen molar-refractivity contribution in [3.63, 3.8) is 0 Å². The van der Waals surface area contributed by atoms with E-state index < -0.39 is 11.6 Å². The van der Waals surface area contributed by atoms with E-state index in [4.69, 9.17) is 9.47 Å². The van der Waals surface area contributed by atoms with Gasteiger partial charge in [-0.1, -0.05) is 0 Å². The highest BCUT2D eigenvalue weighted by Crippen LogP contribution is 2.39. The van der Waals surface area contributed by atoms with Crippen LogP contribution < -0.4 is 0 Å². The summed E-state index contributed by atoms with van der Waals surface area (Å²) in [4.78, 5) is 23.3. The summed E-state index contributed by atoms with van der Waals surface area (Å²) in [6.07, 6.45) is 0. The van der Waals surface area contributed by atoms with Crippen molar-refractivity contribution in [1.29, 1.82) is 0 Å². The van der Waals surface area contributed by atoms with E-state index in [1.165, 1.54) is 28.1 Å². The van der Waals surface area contributed by atoms with Gasteiger partial charge in [-0.2, -0.15) is 0 Å². The molecule has 0 aliphatic rings. The minimum atomic E-state index is -0.510. The van der Waals surface area contributed by atoms with Gasteiger partial charge in [0.15, 0.2) is 11.6 Å². The quantitative estimate of drug-likeness (QED) is 0.610. The Bertz CT molecular complexity index is 498. The fourth-order valence-electron chi connectivity index (χ4n) is 2.11. The van der Waals surface area contributed by atoms with E-state index in [1.54, 1.807) is 0 Å². The molecule has 0 bridgehead atoms. The molecule has 0 spiro atoms. The molecule has 6 nitrogen and oxygen atoms in total. The molecule has 1 aromatic rings. The third kappa shape index (κ3) is 2.81. The van der Waals surface area contributed by atoms with E-state index >= 15 is 0 Å². The van der Waals surface area contributed by atoms with Crippen LogP contribution in [0.1, 0.15) is 45.7 Å². The van der Waals surface area contributed by atoms with Crippen LogP contribution in [0.2, 0.25) is 0 Å². The van der Waals surface area contributed by atoms with Crippen molar-refractivity contribution >= 4 is 11.6 Å². The van der Waals surface area contributed by atoms with Crippen molar-refractivity contribution in [2.45, 2.75) is 27.1 Å². The van der Waals surface area contributed by atoms with Gasteiger partial charge < -0.3 is 19.7 Å². The molecule has 0 aromatic heterocycles. The van der Waals surface area contributed by atoms with Gasteiger partial charge in [0, 0.05) is 25.3 Å². The third-order valence-corrected chi connectivity index (χ3v) is 2.94. The molecule has 0 fully saturated rings. The maximum absolute atomic E-state index is 11.7. The van der Waals surface area contributed by atoms with Crippen molar-refractivity contribution in [3.05, 3.63) is 22.3 Å². The predicted molar refractivity (Wildman–Crippen MR) is 71.2 cm³/mol. The Morgan fingerprint density at radius 2 is 1.15 bits per heavy atom. The van der Waals surface area contributed by atoms with Crippen molar-refractivity contribution in [2.24, 2.45) is 0 Å². The second-order valence-electron chi connectivity index (χ2n) is 4.38. The Kier molecular flexibility index (Phi) is 5.24. The van der Waals surface area contributed by atoms with Gasteiger partial charge >= 0.3 is 0 Å². The van der Waals surface area contributed by atoms with Crippen LogP contribution in [0.3, 0.4) is 0 Å². The Labute approximate surface area is 116 Å². The molecule has 110 valence electrons. The molecule has 0 aliphatic heterocycles. The summed E-state index contributed by atoms with van der Waals surface area (Å²) in [6, 6.07) is 0. The number of ketones is 2. The zero-order chi connectivity index (χ0) is 15.4. The Balaban J connectivity index is 3.78. The molecule has 0 aliphatic carbocycles. The number of Topliss-reactive ketones (excluding diaryl/α,β-unsaturated/α-hetero) is 2. The van der Waals surface area contributed by atoms with Gasteiger partial charge in [0.25, 0.3) is 0 Å². The summed E-state index contributed by atoms with van der Waals surface area (Å²) >= 11 is 0. The summed E-state index contributed by atoms with van der Waals surface area (Å²) < 4.78 is 9.93. The first-order valence-electron chi connectivity index (χ1n) is 5.96. The van der Waals surface area contributed by atoms with E-state index in [0.717, 1.165) is 0 Å². The number of phenolic OH excluding ortho intramolecular Hbond substituents is 2. The Hall–Kier alpha value is -1.92. The minimum Gasteiger partial charge on any atom is -0.507 e. The first kappa shape index (κ1) is 16.1. The monoisotopic (exact) mass is 282 g/mol. The van der Waals surface area contributed by atoms with Crippen LogP contribution in [-0.4, -0.2) is 36.0 Å². The predicted octanol–water partition coefficient (Wildman–Crippen LogP) is 1.80. The highest BCUT2D eigenvalue weighted by atomic mass is 16.5. The summed E-state index contributed by atoms with van der Waals surface area (Å²) in [5.41, 5.74) is 0.0907. The molecule has 0 atom stereocenters. The van der Waals surface area contributed by atoms with E-state index in [-0.39, 0.29) is 47.0 Å². The normalized spacial score (nSPS) is 10.6. The lowest BCUT2D eigenvalue weighted by molar-refractivity contribution is 0.0973. The second-order valence-corrected chi connectivity index (χ2v) is 4.38. The van der Waals surface area contributed by atoms with Gasteiger partial charge in [-0.05, 0) is 13.8 Å². The largest absolute Gasteiger partial charge is 0.507 e. The number of ether oxygens (including phenoxy) is 2. The standard InChI is InChI=1S/C14H18O6/c1-7(15)11-12(8(2)16)14(18)10(6-20-4)9(5-19-3)13(11)17/h17-18H,5-6H2,1-4H3. The number of hydrogen-bond acceptors (Lipinski definition) is 6. The van der Waals surface area contributed by atoms with Crippen molar-refractivity contribution in [1.82, 2.24) is 0 Å². The molecule has 0 saturated heterocycles. The zero-order valence-electron chi connectivity index (χ0n) is 11.9. The first-order valence-corrected chi connectivity index (χ1v) is 5.96. The molecule has 0 saturated carbocycles. The van der Waals surface area contributed by atoms with Gasteiger partial charge in [0.2, 0.25) is 0 Å². The van der Waals surface area contributed by atoms with Crippen LogP contribution in [0, 0.1) is 0 Å². The number of carbonyl (C=O) groups excluding carboxylic acids is 2.